The van der Waals surface area contributed by atoms with E-state index in [4.69, 9.17) is 11.7 Å². The van der Waals surface area contributed by atoms with Gasteiger partial charge in [-0.3, -0.25) is 36.3 Å². The van der Waals surface area contributed by atoms with Crippen LogP contribution in [0.2, 0.25) is 0 Å². The maximum absolute atomic E-state index is 11.2. The third kappa shape index (κ3) is 2.31. The lowest BCUT2D eigenvalue weighted by Gasteiger charge is -2.05. The molecule has 0 aliphatic carbocycles. The predicted molar refractivity (Wildman–Crippen MR) is 59.2 cm³/mol. The molecule has 96 valence electrons. The van der Waals surface area contributed by atoms with E-state index in [1.165, 1.54) is 0 Å². The Morgan fingerprint density at radius 3 is 1.83 bits per heavy atom. The van der Waals surface area contributed by atoms with E-state index in [1.54, 1.807) is 5.43 Å². The molecule has 0 saturated carbocycles. The maximum atomic E-state index is 11.2. The van der Waals surface area contributed by atoms with E-state index >= 15 is 0 Å². The molecule has 0 aliphatic rings. The first-order valence-corrected chi connectivity index (χ1v) is 4.36. The Bertz CT molecular complexity index is 494. The fourth-order valence-electron chi connectivity index (χ4n) is 1.26. The van der Waals surface area contributed by atoms with Crippen LogP contribution in [-0.4, -0.2) is 15.8 Å². The van der Waals surface area contributed by atoms with Crippen molar-refractivity contribution in [2.24, 2.45) is 11.7 Å². The average Bonchev–Trinajstić information content (AvgIpc) is 2.35. The Labute approximate surface area is 99.0 Å². The van der Waals surface area contributed by atoms with Crippen LogP contribution in [0, 0.1) is 20.2 Å². The number of benzene rings is 1. The van der Waals surface area contributed by atoms with Crippen LogP contribution in [0.25, 0.3) is 0 Å². The Morgan fingerprint density at radius 1 is 1.11 bits per heavy atom. The zero-order valence-electron chi connectivity index (χ0n) is 8.75. The summed E-state index contributed by atoms with van der Waals surface area (Å²) >= 11 is 0. The fourth-order valence-corrected chi connectivity index (χ4v) is 1.26. The smallest absolute Gasteiger partial charge is 0.301 e. The van der Waals surface area contributed by atoms with Crippen molar-refractivity contribution in [3.8, 4) is 0 Å². The zero-order chi connectivity index (χ0) is 13.9. The van der Waals surface area contributed by atoms with Gasteiger partial charge < -0.3 is 5.43 Å². The number of carbonyl (C=O) groups is 1. The Balaban J connectivity index is 3.58. The van der Waals surface area contributed by atoms with Crippen molar-refractivity contribution >= 4 is 23.0 Å². The van der Waals surface area contributed by atoms with Crippen molar-refractivity contribution in [3.63, 3.8) is 0 Å². The summed E-state index contributed by atoms with van der Waals surface area (Å²) in [6.45, 7) is 0. The van der Waals surface area contributed by atoms with Crippen LogP contribution in [0.3, 0.4) is 0 Å². The SMILES string of the molecule is NNC(=O)c1cc([N+](=O)[O-])c(NN)c([N+](=O)[O-])c1. The number of amides is 1. The number of anilines is 1. The molecule has 0 spiro atoms. The van der Waals surface area contributed by atoms with Gasteiger partial charge in [0.05, 0.1) is 15.4 Å². The molecule has 11 heteroatoms. The highest BCUT2D eigenvalue weighted by molar-refractivity contribution is 5.97. The van der Waals surface area contributed by atoms with E-state index in [0.29, 0.717) is 0 Å². The van der Waals surface area contributed by atoms with Gasteiger partial charge in [-0.2, -0.15) is 0 Å². The highest BCUT2D eigenvalue weighted by atomic mass is 16.6. The third-order valence-corrected chi connectivity index (χ3v) is 2.03. The van der Waals surface area contributed by atoms with Gasteiger partial charge in [0.25, 0.3) is 5.91 Å². The van der Waals surface area contributed by atoms with E-state index in [2.05, 4.69) is 0 Å². The monoisotopic (exact) mass is 256 g/mol. The van der Waals surface area contributed by atoms with E-state index < -0.39 is 32.8 Å². The van der Waals surface area contributed by atoms with Gasteiger partial charge in [-0.25, -0.2) is 5.84 Å². The minimum absolute atomic E-state index is 0.324. The fraction of sp³-hybridized carbons (Fsp3) is 0. The normalized spacial score (nSPS) is 9.67. The molecule has 11 nitrogen and oxygen atoms in total. The molecule has 6 N–H and O–H groups in total. The molecule has 0 bridgehead atoms. The molecule has 0 heterocycles. The van der Waals surface area contributed by atoms with Crippen molar-refractivity contribution in [3.05, 3.63) is 37.9 Å². The summed E-state index contributed by atoms with van der Waals surface area (Å²) in [7, 11) is 0. The van der Waals surface area contributed by atoms with Gasteiger partial charge in [-0.1, -0.05) is 0 Å². The standard InChI is InChI=1S/C7H8N6O5/c8-10-6-4(12(15)16)1-3(7(14)11-9)2-5(6)13(17)18/h1-2,10H,8-9H2,(H,11,14). The summed E-state index contributed by atoms with van der Waals surface area (Å²) in [6.07, 6.45) is 0. The van der Waals surface area contributed by atoms with Gasteiger partial charge in [-0.05, 0) is 0 Å². The summed E-state index contributed by atoms with van der Waals surface area (Å²) in [4.78, 5) is 30.9. The van der Waals surface area contributed by atoms with Crippen LogP contribution in [-0.2, 0) is 0 Å². The van der Waals surface area contributed by atoms with Gasteiger partial charge >= 0.3 is 11.4 Å². The van der Waals surface area contributed by atoms with E-state index in [-0.39, 0.29) is 5.56 Å². The van der Waals surface area contributed by atoms with Crippen molar-refractivity contribution in [1.82, 2.24) is 5.43 Å². The van der Waals surface area contributed by atoms with Gasteiger partial charge in [-0.15, -0.1) is 0 Å². The van der Waals surface area contributed by atoms with Crippen molar-refractivity contribution < 1.29 is 14.6 Å². The summed E-state index contributed by atoms with van der Waals surface area (Å²) in [5, 5.41) is 21.5. The first-order valence-electron chi connectivity index (χ1n) is 4.36. The van der Waals surface area contributed by atoms with Crippen LogP contribution < -0.4 is 22.5 Å². The largest absolute Gasteiger partial charge is 0.313 e. The summed E-state index contributed by atoms with van der Waals surface area (Å²) in [5.41, 5.74) is 1.35. The number of nitrogen functional groups attached to an aromatic ring is 2. The number of nitrogens with two attached hydrogens (primary N) is 2. The second kappa shape index (κ2) is 5.03. The molecule has 0 aromatic heterocycles. The first-order chi connectivity index (χ1) is 8.42. The van der Waals surface area contributed by atoms with E-state index in [9.17, 15) is 25.0 Å². The van der Waals surface area contributed by atoms with Gasteiger partial charge in [0.15, 0.2) is 0 Å². The second-order valence-corrected chi connectivity index (χ2v) is 3.02. The van der Waals surface area contributed by atoms with Gasteiger partial charge in [0, 0.05) is 12.1 Å². The molecule has 1 aromatic carbocycles. The molecule has 0 aliphatic heterocycles. The van der Waals surface area contributed by atoms with E-state index in [0.717, 1.165) is 12.1 Å². The number of hydrazine groups is 2. The topological polar surface area (TPSA) is 179 Å². The quantitative estimate of drug-likeness (QED) is 0.238. The highest BCUT2D eigenvalue weighted by Crippen LogP contribution is 2.34. The number of carbonyl (C=O) groups excluding carboxylic acids is 1. The molecular weight excluding hydrogens is 248 g/mol. The highest BCUT2D eigenvalue weighted by Gasteiger charge is 2.27. The maximum Gasteiger partial charge on any atom is 0.301 e. The van der Waals surface area contributed by atoms with Crippen LogP contribution in [0.1, 0.15) is 10.4 Å². The number of hydrogen-bond acceptors (Lipinski definition) is 8. The van der Waals surface area contributed by atoms with E-state index in [1.807, 2.05) is 5.43 Å². The number of nitrogens with zero attached hydrogens (tertiary/aromatic N) is 2. The third-order valence-electron chi connectivity index (χ3n) is 2.03. The Hall–Kier alpha value is -2.79. The minimum Gasteiger partial charge on any atom is -0.313 e. The molecule has 0 unspecified atom stereocenters. The number of nitrogens with one attached hydrogen (secondary N) is 2. The molecule has 18 heavy (non-hydrogen) atoms. The molecule has 0 fully saturated rings. The predicted octanol–water partition coefficient (Wildman–Crippen LogP) is -0.608. The number of rotatable bonds is 4. The molecular formula is C7H8N6O5. The summed E-state index contributed by atoms with van der Waals surface area (Å²) in [6, 6.07) is 1.65. The minimum atomic E-state index is -0.907. The number of nitro benzene ring substituents is 2. The average molecular weight is 256 g/mol. The molecule has 0 saturated heterocycles. The van der Waals surface area contributed by atoms with Crippen LogP contribution in [0.4, 0.5) is 17.1 Å². The van der Waals surface area contributed by atoms with Crippen molar-refractivity contribution in [2.75, 3.05) is 5.43 Å². The summed E-state index contributed by atoms with van der Waals surface area (Å²) < 4.78 is 0. The summed E-state index contributed by atoms with van der Waals surface area (Å²) in [5.74, 6) is 8.95. The van der Waals surface area contributed by atoms with Crippen LogP contribution >= 0.6 is 0 Å². The first kappa shape index (κ1) is 13.3. The number of hydrogen-bond donors (Lipinski definition) is 4. The Kier molecular flexibility index (Phi) is 3.71. The lowest BCUT2D eigenvalue weighted by Crippen LogP contribution is -2.30. The number of nitro groups is 2. The van der Waals surface area contributed by atoms with Gasteiger partial charge in [0.2, 0.25) is 5.69 Å². The molecule has 1 aromatic rings. The lowest BCUT2D eigenvalue weighted by molar-refractivity contribution is -0.392. The molecule has 0 atom stereocenters. The molecule has 1 amide bonds. The van der Waals surface area contributed by atoms with Crippen molar-refractivity contribution in [2.45, 2.75) is 0 Å². The van der Waals surface area contributed by atoms with Crippen molar-refractivity contribution in [1.29, 1.82) is 0 Å². The molecule has 0 radical (unpaired) electrons. The second-order valence-electron chi connectivity index (χ2n) is 3.02. The molecule has 1 rings (SSSR count). The van der Waals surface area contributed by atoms with Crippen LogP contribution in [0.5, 0.6) is 0 Å². The van der Waals surface area contributed by atoms with Gasteiger partial charge in [0.1, 0.15) is 0 Å². The lowest BCUT2D eigenvalue weighted by atomic mass is 10.1. The van der Waals surface area contributed by atoms with Crippen LogP contribution in [0.15, 0.2) is 12.1 Å². The zero-order valence-corrected chi connectivity index (χ0v) is 8.75. The Morgan fingerprint density at radius 2 is 1.56 bits per heavy atom.